The van der Waals surface area contributed by atoms with E-state index in [4.69, 9.17) is 0 Å². The Kier molecular flexibility index (Phi) is 5.09. The largest absolute Gasteiger partial charge is 0.301 e. The molecule has 9 nitrogen and oxygen atoms in total. The standard InChI is InChI=1S/C19H17N7O2S/c1-11-8-12(2)26-18(20-11)24-17(25-26)22-16(28)10-29-19-21-14(9-15(27)23-19)13-6-4-3-5-7-13/h3-9H,10H2,1-2H3,(H,21,23,27)(H,22,25,28). The zero-order valence-corrected chi connectivity index (χ0v) is 16.5. The molecule has 0 unspecified atom stereocenters. The van der Waals surface area contributed by atoms with E-state index in [0.717, 1.165) is 28.7 Å². The third-order valence-electron chi connectivity index (χ3n) is 4.00. The van der Waals surface area contributed by atoms with Crippen molar-refractivity contribution < 1.29 is 4.79 Å². The van der Waals surface area contributed by atoms with Crippen molar-refractivity contribution in [2.75, 3.05) is 11.1 Å². The molecular formula is C19H17N7O2S. The van der Waals surface area contributed by atoms with Gasteiger partial charge in [0.25, 0.3) is 17.3 Å². The summed E-state index contributed by atoms with van der Waals surface area (Å²) in [5, 5.41) is 7.25. The highest BCUT2D eigenvalue weighted by molar-refractivity contribution is 7.99. The number of benzene rings is 1. The number of aromatic amines is 1. The third kappa shape index (κ3) is 4.32. The number of amides is 1. The van der Waals surface area contributed by atoms with E-state index in [1.807, 2.05) is 50.2 Å². The molecule has 0 fully saturated rings. The van der Waals surface area contributed by atoms with Crippen molar-refractivity contribution in [2.24, 2.45) is 0 Å². The maximum atomic E-state index is 12.3. The lowest BCUT2D eigenvalue weighted by Crippen LogP contribution is -2.16. The highest BCUT2D eigenvalue weighted by Crippen LogP contribution is 2.18. The third-order valence-corrected chi connectivity index (χ3v) is 4.87. The molecule has 1 aromatic carbocycles. The van der Waals surface area contributed by atoms with Gasteiger partial charge < -0.3 is 4.98 Å². The smallest absolute Gasteiger partial charge is 0.254 e. The van der Waals surface area contributed by atoms with Crippen LogP contribution in [0.3, 0.4) is 0 Å². The van der Waals surface area contributed by atoms with Gasteiger partial charge >= 0.3 is 0 Å². The molecule has 3 aromatic heterocycles. The average Bonchev–Trinajstić information content (AvgIpc) is 3.09. The van der Waals surface area contributed by atoms with Crippen LogP contribution in [0.2, 0.25) is 0 Å². The first-order chi connectivity index (χ1) is 14.0. The van der Waals surface area contributed by atoms with Crippen LogP contribution in [0.15, 0.2) is 52.4 Å². The van der Waals surface area contributed by atoms with Crippen LogP contribution in [-0.2, 0) is 4.79 Å². The van der Waals surface area contributed by atoms with E-state index < -0.39 is 0 Å². The molecule has 10 heteroatoms. The predicted octanol–water partition coefficient (Wildman–Crippen LogP) is 2.22. The molecule has 0 atom stereocenters. The maximum Gasteiger partial charge on any atom is 0.254 e. The molecule has 0 radical (unpaired) electrons. The zero-order chi connectivity index (χ0) is 20.4. The van der Waals surface area contributed by atoms with Crippen molar-refractivity contribution in [1.29, 1.82) is 0 Å². The molecule has 2 N–H and O–H groups in total. The molecule has 0 saturated carbocycles. The lowest BCUT2D eigenvalue weighted by atomic mass is 10.1. The monoisotopic (exact) mass is 407 g/mol. The number of fused-ring (bicyclic) bond motifs is 1. The fraction of sp³-hybridized carbons (Fsp3) is 0.158. The summed E-state index contributed by atoms with van der Waals surface area (Å²) >= 11 is 1.13. The summed E-state index contributed by atoms with van der Waals surface area (Å²) < 4.78 is 1.57. The number of nitrogens with zero attached hydrogens (tertiary/aromatic N) is 5. The first kappa shape index (κ1) is 18.8. The predicted molar refractivity (Wildman–Crippen MR) is 110 cm³/mol. The fourth-order valence-corrected chi connectivity index (χ4v) is 3.45. The Morgan fingerprint density at radius 2 is 1.93 bits per heavy atom. The Hall–Kier alpha value is -3.53. The van der Waals surface area contributed by atoms with Gasteiger partial charge in [0.05, 0.1) is 11.4 Å². The number of thioether (sulfide) groups is 1. The van der Waals surface area contributed by atoms with Gasteiger partial charge in [-0.05, 0) is 19.9 Å². The van der Waals surface area contributed by atoms with Crippen molar-refractivity contribution >= 4 is 29.4 Å². The van der Waals surface area contributed by atoms with E-state index >= 15 is 0 Å². The summed E-state index contributed by atoms with van der Waals surface area (Å²) in [5.74, 6) is 0.332. The van der Waals surface area contributed by atoms with Crippen LogP contribution in [0.25, 0.3) is 17.0 Å². The van der Waals surface area contributed by atoms with Gasteiger partial charge in [0, 0.05) is 23.0 Å². The minimum atomic E-state index is -0.312. The number of hydrogen-bond acceptors (Lipinski definition) is 7. The highest BCUT2D eigenvalue weighted by Gasteiger charge is 2.12. The van der Waals surface area contributed by atoms with Crippen molar-refractivity contribution in [3.05, 3.63) is 64.2 Å². The van der Waals surface area contributed by atoms with E-state index in [0.29, 0.717) is 16.6 Å². The molecule has 29 heavy (non-hydrogen) atoms. The minimum absolute atomic E-state index is 0.0438. The summed E-state index contributed by atoms with van der Waals surface area (Å²) in [6.45, 7) is 3.76. The van der Waals surface area contributed by atoms with Crippen LogP contribution in [-0.4, -0.2) is 41.2 Å². The fourth-order valence-electron chi connectivity index (χ4n) is 2.77. The number of carbonyl (C=O) groups is 1. The van der Waals surface area contributed by atoms with E-state index in [9.17, 15) is 9.59 Å². The number of rotatable bonds is 5. The summed E-state index contributed by atoms with van der Waals surface area (Å²) in [4.78, 5) is 39.8. The number of aryl methyl sites for hydroxylation is 2. The van der Waals surface area contributed by atoms with Crippen molar-refractivity contribution in [1.82, 2.24) is 29.5 Å². The van der Waals surface area contributed by atoms with E-state index in [1.54, 1.807) is 4.52 Å². The van der Waals surface area contributed by atoms with Crippen LogP contribution < -0.4 is 10.9 Å². The number of aromatic nitrogens is 6. The van der Waals surface area contributed by atoms with Gasteiger partial charge in [0.2, 0.25) is 5.91 Å². The van der Waals surface area contributed by atoms with Crippen LogP contribution >= 0.6 is 11.8 Å². The second kappa shape index (κ2) is 7.84. The van der Waals surface area contributed by atoms with Gasteiger partial charge in [0.1, 0.15) is 0 Å². The molecule has 0 spiro atoms. The molecular weight excluding hydrogens is 390 g/mol. The number of anilines is 1. The van der Waals surface area contributed by atoms with Gasteiger partial charge in [0.15, 0.2) is 5.16 Å². The number of H-pyrrole nitrogens is 1. The lowest BCUT2D eigenvalue weighted by molar-refractivity contribution is -0.113. The molecule has 0 aliphatic heterocycles. The molecule has 0 aliphatic carbocycles. The second-order valence-corrected chi connectivity index (χ2v) is 7.29. The molecule has 0 saturated heterocycles. The first-order valence-corrected chi connectivity index (χ1v) is 9.77. The number of nitrogens with one attached hydrogen (secondary N) is 2. The number of carbonyl (C=O) groups excluding carboxylic acids is 1. The van der Waals surface area contributed by atoms with E-state index in [1.165, 1.54) is 6.07 Å². The van der Waals surface area contributed by atoms with Crippen LogP contribution in [0.1, 0.15) is 11.4 Å². The van der Waals surface area contributed by atoms with Crippen molar-refractivity contribution in [3.63, 3.8) is 0 Å². The van der Waals surface area contributed by atoms with Gasteiger partial charge in [-0.3, -0.25) is 14.9 Å². The molecule has 3 heterocycles. The van der Waals surface area contributed by atoms with Gasteiger partial charge in [-0.15, -0.1) is 5.10 Å². The SMILES string of the molecule is Cc1cc(C)n2nc(NC(=O)CSc3nc(-c4ccccc4)cc(=O)[nH]3)nc2n1. The van der Waals surface area contributed by atoms with Gasteiger partial charge in [-0.2, -0.15) is 9.50 Å². The van der Waals surface area contributed by atoms with Crippen LogP contribution in [0, 0.1) is 13.8 Å². The molecule has 146 valence electrons. The van der Waals surface area contributed by atoms with E-state index in [2.05, 4.69) is 30.4 Å². The quantitative estimate of drug-likeness (QED) is 0.385. The van der Waals surface area contributed by atoms with Gasteiger partial charge in [-0.25, -0.2) is 9.97 Å². The maximum absolute atomic E-state index is 12.3. The Labute approximate surface area is 169 Å². The Morgan fingerprint density at radius 3 is 2.72 bits per heavy atom. The Morgan fingerprint density at radius 1 is 1.14 bits per heavy atom. The second-order valence-electron chi connectivity index (χ2n) is 6.32. The summed E-state index contributed by atoms with van der Waals surface area (Å²) in [6.07, 6.45) is 0. The normalized spacial score (nSPS) is 11.0. The first-order valence-electron chi connectivity index (χ1n) is 8.78. The number of hydrogen-bond donors (Lipinski definition) is 2. The van der Waals surface area contributed by atoms with Crippen molar-refractivity contribution in [2.45, 2.75) is 19.0 Å². The topological polar surface area (TPSA) is 118 Å². The van der Waals surface area contributed by atoms with E-state index in [-0.39, 0.29) is 23.2 Å². The van der Waals surface area contributed by atoms with Crippen LogP contribution in [0.4, 0.5) is 5.95 Å². The average molecular weight is 407 g/mol. The van der Waals surface area contributed by atoms with Gasteiger partial charge in [-0.1, -0.05) is 42.1 Å². The highest BCUT2D eigenvalue weighted by atomic mass is 32.2. The Bertz CT molecular complexity index is 1250. The molecule has 1 amide bonds. The van der Waals surface area contributed by atoms with Crippen LogP contribution in [0.5, 0.6) is 0 Å². The Balaban J connectivity index is 1.46. The summed E-state index contributed by atoms with van der Waals surface area (Å²) in [7, 11) is 0. The molecule has 0 bridgehead atoms. The lowest BCUT2D eigenvalue weighted by Gasteiger charge is -2.04. The molecule has 4 rings (SSSR count). The summed E-state index contributed by atoms with van der Waals surface area (Å²) in [6, 6.07) is 12.7. The summed E-state index contributed by atoms with van der Waals surface area (Å²) in [5.41, 5.74) is 2.80. The molecule has 4 aromatic rings. The van der Waals surface area contributed by atoms with Crippen molar-refractivity contribution in [3.8, 4) is 11.3 Å². The zero-order valence-electron chi connectivity index (χ0n) is 15.7. The minimum Gasteiger partial charge on any atom is -0.301 e. The molecule has 0 aliphatic rings.